The first-order chi connectivity index (χ1) is 11.0. The lowest BCUT2D eigenvalue weighted by molar-refractivity contribution is -0.0102. The lowest BCUT2D eigenvalue weighted by Gasteiger charge is -2.50. The summed E-state index contributed by atoms with van der Waals surface area (Å²) in [5.74, 6) is 2.38. The standard InChI is InChI=1S/C21H31NO/c1-15(2)20-9-8-17-13-19(10-11-21(17,4)16(20)3)23-14-18-7-5-6-12-22-18/h5-8,12,15-16,19-20H,9-11,13-14H2,1-4H3. The molecule has 3 rings (SSSR count). The molecule has 0 N–H and O–H groups in total. The molecule has 0 amide bonds. The van der Waals surface area contributed by atoms with Gasteiger partial charge in [0.1, 0.15) is 0 Å². The van der Waals surface area contributed by atoms with Crippen LogP contribution >= 0.6 is 0 Å². The zero-order valence-electron chi connectivity index (χ0n) is 15.1. The number of nitrogens with zero attached hydrogens (tertiary/aromatic N) is 1. The molecular weight excluding hydrogens is 282 g/mol. The molecule has 23 heavy (non-hydrogen) atoms. The fourth-order valence-electron chi connectivity index (χ4n) is 4.67. The van der Waals surface area contributed by atoms with Gasteiger partial charge in [-0.05, 0) is 61.0 Å². The Kier molecular flexibility index (Phi) is 4.91. The molecule has 2 heteroatoms. The van der Waals surface area contributed by atoms with Gasteiger partial charge < -0.3 is 4.74 Å². The second-order valence-electron chi connectivity index (χ2n) is 8.08. The summed E-state index contributed by atoms with van der Waals surface area (Å²) >= 11 is 0. The first-order valence-electron chi connectivity index (χ1n) is 9.21. The van der Waals surface area contributed by atoms with E-state index in [2.05, 4.69) is 38.8 Å². The molecule has 0 radical (unpaired) electrons. The van der Waals surface area contributed by atoms with Gasteiger partial charge in [0.2, 0.25) is 0 Å². The highest BCUT2D eigenvalue weighted by molar-refractivity contribution is 5.23. The van der Waals surface area contributed by atoms with Crippen LogP contribution in [0.25, 0.3) is 0 Å². The van der Waals surface area contributed by atoms with Crippen molar-refractivity contribution in [2.45, 2.75) is 66.1 Å². The maximum Gasteiger partial charge on any atom is 0.0891 e. The normalized spacial score (nSPS) is 34.1. The number of pyridine rings is 1. The van der Waals surface area contributed by atoms with Crippen molar-refractivity contribution in [1.82, 2.24) is 4.98 Å². The number of hydrogen-bond donors (Lipinski definition) is 0. The minimum Gasteiger partial charge on any atom is -0.372 e. The number of fused-ring (bicyclic) bond motifs is 1. The van der Waals surface area contributed by atoms with Crippen LogP contribution in [0.3, 0.4) is 0 Å². The highest BCUT2D eigenvalue weighted by Gasteiger charge is 2.45. The van der Waals surface area contributed by atoms with Gasteiger partial charge in [0.05, 0.1) is 18.4 Å². The Balaban J connectivity index is 1.64. The van der Waals surface area contributed by atoms with E-state index in [0.29, 0.717) is 18.1 Å². The van der Waals surface area contributed by atoms with Crippen molar-refractivity contribution in [1.29, 1.82) is 0 Å². The van der Waals surface area contributed by atoms with Crippen LogP contribution in [0.5, 0.6) is 0 Å². The lowest BCUT2D eigenvalue weighted by Crippen LogP contribution is -2.42. The molecule has 0 aromatic carbocycles. The fourth-order valence-corrected chi connectivity index (χ4v) is 4.67. The van der Waals surface area contributed by atoms with Gasteiger partial charge in [-0.1, -0.05) is 45.4 Å². The van der Waals surface area contributed by atoms with Gasteiger partial charge in [0, 0.05) is 6.20 Å². The fraction of sp³-hybridized carbons (Fsp3) is 0.667. The number of aromatic nitrogens is 1. The van der Waals surface area contributed by atoms with E-state index in [1.165, 1.54) is 19.3 Å². The van der Waals surface area contributed by atoms with Crippen molar-refractivity contribution >= 4 is 0 Å². The number of rotatable bonds is 4. The van der Waals surface area contributed by atoms with Crippen LogP contribution in [0.15, 0.2) is 36.0 Å². The summed E-state index contributed by atoms with van der Waals surface area (Å²) in [7, 11) is 0. The Morgan fingerprint density at radius 2 is 2.17 bits per heavy atom. The third-order valence-electron chi connectivity index (χ3n) is 6.50. The van der Waals surface area contributed by atoms with E-state index in [0.717, 1.165) is 29.9 Å². The molecule has 0 saturated heterocycles. The maximum atomic E-state index is 6.17. The van der Waals surface area contributed by atoms with Gasteiger partial charge in [-0.3, -0.25) is 4.98 Å². The van der Waals surface area contributed by atoms with Crippen LogP contribution in [0.1, 0.15) is 59.1 Å². The van der Waals surface area contributed by atoms with Crippen molar-refractivity contribution in [3.05, 3.63) is 41.7 Å². The molecule has 126 valence electrons. The molecule has 0 spiro atoms. The largest absolute Gasteiger partial charge is 0.372 e. The van der Waals surface area contributed by atoms with E-state index in [9.17, 15) is 0 Å². The Morgan fingerprint density at radius 1 is 1.35 bits per heavy atom. The third-order valence-corrected chi connectivity index (χ3v) is 6.50. The Hall–Kier alpha value is -1.15. The molecule has 1 saturated carbocycles. The summed E-state index contributed by atoms with van der Waals surface area (Å²) in [6.45, 7) is 10.4. The molecule has 4 unspecified atom stereocenters. The van der Waals surface area contributed by atoms with Gasteiger partial charge in [-0.25, -0.2) is 0 Å². The van der Waals surface area contributed by atoms with Crippen LogP contribution in [-0.2, 0) is 11.3 Å². The van der Waals surface area contributed by atoms with Crippen molar-refractivity contribution in [3.8, 4) is 0 Å². The summed E-state index contributed by atoms with van der Waals surface area (Å²) in [5, 5.41) is 0. The van der Waals surface area contributed by atoms with E-state index >= 15 is 0 Å². The van der Waals surface area contributed by atoms with E-state index < -0.39 is 0 Å². The van der Waals surface area contributed by atoms with E-state index in [1.54, 1.807) is 5.57 Å². The summed E-state index contributed by atoms with van der Waals surface area (Å²) < 4.78 is 6.17. The number of hydrogen-bond acceptors (Lipinski definition) is 2. The average Bonchev–Trinajstić information content (AvgIpc) is 2.55. The van der Waals surface area contributed by atoms with Crippen LogP contribution in [0.4, 0.5) is 0 Å². The molecule has 1 fully saturated rings. The molecule has 2 aliphatic carbocycles. The first kappa shape index (κ1) is 16.7. The summed E-state index contributed by atoms with van der Waals surface area (Å²) in [6.07, 6.45) is 9.54. The van der Waals surface area contributed by atoms with Gasteiger partial charge in [-0.15, -0.1) is 0 Å². The van der Waals surface area contributed by atoms with Crippen molar-refractivity contribution < 1.29 is 4.74 Å². The van der Waals surface area contributed by atoms with Crippen molar-refractivity contribution in [2.24, 2.45) is 23.2 Å². The molecule has 4 atom stereocenters. The van der Waals surface area contributed by atoms with Crippen LogP contribution in [0, 0.1) is 23.2 Å². The van der Waals surface area contributed by atoms with Gasteiger partial charge >= 0.3 is 0 Å². The van der Waals surface area contributed by atoms with E-state index in [4.69, 9.17) is 4.74 Å². The SMILES string of the molecule is CC(C)C1CC=C2CC(OCc3ccccn3)CCC2(C)C1C. The average molecular weight is 313 g/mol. The number of allylic oxidation sites excluding steroid dienone is 1. The molecule has 0 bridgehead atoms. The van der Waals surface area contributed by atoms with Crippen LogP contribution in [0.2, 0.25) is 0 Å². The quantitative estimate of drug-likeness (QED) is 0.695. The smallest absolute Gasteiger partial charge is 0.0891 e. The zero-order valence-corrected chi connectivity index (χ0v) is 15.1. The van der Waals surface area contributed by atoms with Crippen LogP contribution in [-0.4, -0.2) is 11.1 Å². The second-order valence-corrected chi connectivity index (χ2v) is 8.08. The van der Waals surface area contributed by atoms with E-state index in [1.807, 2.05) is 24.4 Å². The summed E-state index contributed by atoms with van der Waals surface area (Å²) in [4.78, 5) is 4.36. The topological polar surface area (TPSA) is 22.1 Å². The second kappa shape index (κ2) is 6.76. The van der Waals surface area contributed by atoms with Gasteiger partial charge in [0.15, 0.2) is 0 Å². The van der Waals surface area contributed by atoms with Crippen molar-refractivity contribution in [2.75, 3.05) is 0 Å². The highest BCUT2D eigenvalue weighted by Crippen LogP contribution is 2.54. The Labute approximate surface area is 141 Å². The molecule has 2 aliphatic rings. The van der Waals surface area contributed by atoms with E-state index in [-0.39, 0.29) is 0 Å². The third kappa shape index (κ3) is 3.38. The number of ether oxygens (including phenoxy) is 1. The van der Waals surface area contributed by atoms with Crippen molar-refractivity contribution in [3.63, 3.8) is 0 Å². The predicted octanol–water partition coefficient (Wildman–Crippen LogP) is 5.40. The van der Waals surface area contributed by atoms with Gasteiger partial charge in [0.25, 0.3) is 0 Å². The lowest BCUT2D eigenvalue weighted by atomic mass is 9.55. The first-order valence-corrected chi connectivity index (χ1v) is 9.21. The highest BCUT2D eigenvalue weighted by atomic mass is 16.5. The Bertz CT molecular complexity index is 550. The maximum absolute atomic E-state index is 6.17. The minimum atomic E-state index is 0.360. The molecule has 1 aromatic heterocycles. The molecule has 1 heterocycles. The molecule has 0 aliphatic heterocycles. The van der Waals surface area contributed by atoms with Gasteiger partial charge in [-0.2, -0.15) is 0 Å². The zero-order chi connectivity index (χ0) is 16.4. The Morgan fingerprint density at radius 3 is 2.87 bits per heavy atom. The molecule has 1 aromatic rings. The minimum absolute atomic E-state index is 0.360. The van der Waals surface area contributed by atoms with Crippen LogP contribution < -0.4 is 0 Å². The molecular formula is C21H31NO. The predicted molar refractivity (Wildman–Crippen MR) is 95.0 cm³/mol. The summed E-state index contributed by atoms with van der Waals surface area (Å²) in [5.41, 5.74) is 3.07. The monoisotopic (exact) mass is 313 g/mol. The summed E-state index contributed by atoms with van der Waals surface area (Å²) in [6, 6.07) is 6.03. The molecule has 2 nitrogen and oxygen atoms in total.